The SMILES string of the molecule is O=C(Nc1ccccc1)c1cnc(S(=O)NC2CCCCC2)[nH]1. The summed E-state index contributed by atoms with van der Waals surface area (Å²) >= 11 is 0. The molecular formula is C16H20N4O2S. The Labute approximate surface area is 137 Å². The van der Waals surface area contributed by atoms with E-state index in [2.05, 4.69) is 20.0 Å². The van der Waals surface area contributed by atoms with E-state index in [1.165, 1.54) is 12.6 Å². The molecule has 1 aliphatic rings. The molecule has 0 bridgehead atoms. The fourth-order valence-electron chi connectivity index (χ4n) is 2.66. The maximum Gasteiger partial charge on any atom is 0.273 e. The summed E-state index contributed by atoms with van der Waals surface area (Å²) in [5.41, 5.74) is 0.998. The molecule has 1 heterocycles. The molecule has 0 radical (unpaired) electrons. The van der Waals surface area contributed by atoms with E-state index in [1.54, 1.807) is 12.1 Å². The van der Waals surface area contributed by atoms with E-state index < -0.39 is 11.0 Å². The average molecular weight is 332 g/mol. The third kappa shape index (κ3) is 4.27. The molecule has 1 atom stereocenters. The summed E-state index contributed by atoms with van der Waals surface area (Å²) in [5.74, 6) is -0.301. The topological polar surface area (TPSA) is 86.9 Å². The van der Waals surface area contributed by atoms with Gasteiger partial charge in [0.1, 0.15) is 5.69 Å². The molecule has 0 spiro atoms. The Morgan fingerprint density at radius 2 is 1.91 bits per heavy atom. The molecule has 3 N–H and O–H groups in total. The second-order valence-corrected chi connectivity index (χ2v) is 6.80. The number of carbonyl (C=O) groups is 1. The third-order valence-corrected chi connectivity index (χ3v) is 4.99. The number of anilines is 1. The van der Waals surface area contributed by atoms with Crippen LogP contribution in [0.15, 0.2) is 41.7 Å². The Morgan fingerprint density at radius 1 is 1.17 bits per heavy atom. The highest BCUT2D eigenvalue weighted by Crippen LogP contribution is 2.18. The van der Waals surface area contributed by atoms with Gasteiger partial charge in [-0.1, -0.05) is 37.5 Å². The Kier molecular flexibility index (Phi) is 5.19. The molecule has 1 aromatic carbocycles. The van der Waals surface area contributed by atoms with Crippen LogP contribution in [0.2, 0.25) is 0 Å². The van der Waals surface area contributed by atoms with Gasteiger partial charge in [-0.2, -0.15) is 0 Å². The number of para-hydroxylation sites is 1. The molecule has 3 rings (SSSR count). The number of carbonyl (C=O) groups excluding carboxylic acids is 1. The van der Waals surface area contributed by atoms with Crippen molar-refractivity contribution in [1.29, 1.82) is 0 Å². The lowest BCUT2D eigenvalue weighted by atomic mass is 9.96. The number of hydrogen-bond donors (Lipinski definition) is 3. The van der Waals surface area contributed by atoms with Gasteiger partial charge in [0.25, 0.3) is 5.91 Å². The van der Waals surface area contributed by atoms with Gasteiger partial charge >= 0.3 is 0 Å². The highest BCUT2D eigenvalue weighted by molar-refractivity contribution is 7.82. The number of benzene rings is 1. The minimum absolute atomic E-state index is 0.260. The number of hydrogen-bond acceptors (Lipinski definition) is 3. The predicted molar refractivity (Wildman–Crippen MR) is 89.4 cm³/mol. The molecule has 7 heteroatoms. The van der Waals surface area contributed by atoms with Crippen LogP contribution in [-0.2, 0) is 11.0 Å². The lowest BCUT2D eigenvalue weighted by molar-refractivity contribution is 0.102. The molecule has 122 valence electrons. The van der Waals surface area contributed by atoms with E-state index >= 15 is 0 Å². The zero-order valence-corrected chi connectivity index (χ0v) is 13.6. The van der Waals surface area contributed by atoms with Gasteiger partial charge in [0.05, 0.1) is 6.20 Å². The van der Waals surface area contributed by atoms with Crippen LogP contribution in [-0.4, -0.2) is 26.1 Å². The average Bonchev–Trinajstić information content (AvgIpc) is 3.07. The minimum Gasteiger partial charge on any atom is -0.326 e. The zero-order valence-electron chi connectivity index (χ0n) is 12.7. The first-order valence-corrected chi connectivity index (χ1v) is 8.97. The lowest BCUT2D eigenvalue weighted by Gasteiger charge is -2.21. The van der Waals surface area contributed by atoms with Crippen LogP contribution in [0.25, 0.3) is 0 Å². The quantitative estimate of drug-likeness (QED) is 0.786. The maximum atomic E-state index is 12.3. The molecular weight excluding hydrogens is 312 g/mol. The molecule has 1 saturated carbocycles. The number of rotatable bonds is 5. The zero-order chi connectivity index (χ0) is 16.1. The summed E-state index contributed by atoms with van der Waals surface area (Å²) < 4.78 is 15.4. The standard InChI is InChI=1S/C16H20N4O2S/c21-15(18-12-7-3-1-4-8-12)14-11-17-16(19-14)23(22)20-13-9-5-2-6-10-13/h1,3-4,7-8,11,13,20H,2,5-6,9-10H2,(H,17,19)(H,18,21). The van der Waals surface area contributed by atoms with Crippen LogP contribution in [0, 0.1) is 0 Å². The first-order chi connectivity index (χ1) is 11.2. The van der Waals surface area contributed by atoms with Gasteiger partial charge in [0.2, 0.25) is 5.16 Å². The van der Waals surface area contributed by atoms with E-state index in [1.807, 2.05) is 18.2 Å². The second-order valence-electron chi connectivity index (χ2n) is 5.64. The molecule has 23 heavy (non-hydrogen) atoms. The highest BCUT2D eigenvalue weighted by Gasteiger charge is 2.19. The molecule has 1 aliphatic carbocycles. The van der Waals surface area contributed by atoms with Crippen LogP contribution in [0.4, 0.5) is 5.69 Å². The van der Waals surface area contributed by atoms with Crippen molar-refractivity contribution in [2.45, 2.75) is 43.3 Å². The normalized spacial score (nSPS) is 16.9. The van der Waals surface area contributed by atoms with Crippen molar-refractivity contribution in [3.63, 3.8) is 0 Å². The van der Waals surface area contributed by atoms with Gasteiger partial charge in [0, 0.05) is 11.7 Å². The van der Waals surface area contributed by atoms with Gasteiger partial charge in [0.15, 0.2) is 11.0 Å². The van der Waals surface area contributed by atoms with Crippen LogP contribution in [0.1, 0.15) is 42.6 Å². The summed E-state index contributed by atoms with van der Waals surface area (Å²) in [6.45, 7) is 0. The number of nitrogens with zero attached hydrogens (tertiary/aromatic N) is 1. The minimum atomic E-state index is -1.42. The highest BCUT2D eigenvalue weighted by atomic mass is 32.2. The van der Waals surface area contributed by atoms with Gasteiger partial charge in [-0.15, -0.1) is 0 Å². The second kappa shape index (κ2) is 7.52. The molecule has 1 unspecified atom stereocenters. The molecule has 1 aromatic heterocycles. The predicted octanol–water partition coefficient (Wildman–Crippen LogP) is 2.61. The largest absolute Gasteiger partial charge is 0.326 e. The fourth-order valence-corrected chi connectivity index (χ4v) is 3.66. The van der Waals surface area contributed by atoms with Crippen LogP contribution < -0.4 is 10.0 Å². The number of aromatic nitrogens is 2. The summed E-state index contributed by atoms with van der Waals surface area (Å²) in [6.07, 6.45) is 7.06. The lowest BCUT2D eigenvalue weighted by Crippen LogP contribution is -2.33. The van der Waals surface area contributed by atoms with E-state index in [-0.39, 0.29) is 17.1 Å². The molecule has 6 nitrogen and oxygen atoms in total. The smallest absolute Gasteiger partial charge is 0.273 e. The molecule has 1 amide bonds. The van der Waals surface area contributed by atoms with E-state index in [0.717, 1.165) is 25.7 Å². The first kappa shape index (κ1) is 15.9. The monoisotopic (exact) mass is 332 g/mol. The summed E-state index contributed by atoms with van der Waals surface area (Å²) in [4.78, 5) is 19.0. The van der Waals surface area contributed by atoms with Gasteiger partial charge in [-0.05, 0) is 25.0 Å². The van der Waals surface area contributed by atoms with E-state index in [9.17, 15) is 9.00 Å². The Morgan fingerprint density at radius 3 is 2.65 bits per heavy atom. The molecule has 1 fully saturated rings. The van der Waals surface area contributed by atoms with Crippen LogP contribution >= 0.6 is 0 Å². The van der Waals surface area contributed by atoms with Crippen molar-refractivity contribution < 1.29 is 9.00 Å². The maximum absolute atomic E-state index is 12.3. The number of aromatic amines is 1. The summed E-state index contributed by atoms with van der Waals surface area (Å²) in [5, 5.41) is 3.05. The van der Waals surface area contributed by atoms with Crippen LogP contribution in [0.3, 0.4) is 0 Å². The van der Waals surface area contributed by atoms with Crippen molar-refractivity contribution in [2.75, 3.05) is 5.32 Å². The number of nitrogens with one attached hydrogen (secondary N) is 3. The van der Waals surface area contributed by atoms with Gasteiger partial charge in [-0.25, -0.2) is 13.9 Å². The number of amides is 1. The summed E-state index contributed by atoms with van der Waals surface area (Å²) in [6, 6.07) is 9.44. The van der Waals surface area contributed by atoms with Crippen molar-refractivity contribution in [1.82, 2.24) is 14.7 Å². The Balaban J connectivity index is 1.60. The van der Waals surface area contributed by atoms with Crippen molar-refractivity contribution in [3.05, 3.63) is 42.2 Å². The van der Waals surface area contributed by atoms with Crippen molar-refractivity contribution in [3.8, 4) is 0 Å². The van der Waals surface area contributed by atoms with Crippen molar-refractivity contribution >= 4 is 22.6 Å². The number of imidazole rings is 1. The van der Waals surface area contributed by atoms with Crippen LogP contribution in [0.5, 0.6) is 0 Å². The fraction of sp³-hybridized carbons (Fsp3) is 0.375. The molecule has 2 aromatic rings. The van der Waals surface area contributed by atoms with Crippen molar-refractivity contribution in [2.24, 2.45) is 0 Å². The van der Waals surface area contributed by atoms with E-state index in [4.69, 9.17) is 0 Å². The molecule has 0 aliphatic heterocycles. The first-order valence-electron chi connectivity index (χ1n) is 7.82. The van der Waals surface area contributed by atoms with Gasteiger partial charge < -0.3 is 10.3 Å². The Hall–Kier alpha value is -1.99. The summed E-state index contributed by atoms with van der Waals surface area (Å²) in [7, 11) is -1.42. The van der Waals surface area contributed by atoms with Gasteiger partial charge in [-0.3, -0.25) is 4.79 Å². The number of H-pyrrole nitrogens is 1. The van der Waals surface area contributed by atoms with E-state index in [0.29, 0.717) is 11.4 Å². The Bertz CT molecular complexity index is 680. The molecule has 0 saturated heterocycles. The third-order valence-electron chi connectivity index (χ3n) is 3.88.